The van der Waals surface area contributed by atoms with Gasteiger partial charge in [-0.25, -0.2) is 0 Å². The fourth-order valence-electron chi connectivity index (χ4n) is 4.36. The van der Waals surface area contributed by atoms with Gasteiger partial charge in [-0.05, 0) is 56.6 Å². The first kappa shape index (κ1) is 19.2. The van der Waals surface area contributed by atoms with Crippen molar-refractivity contribution in [2.45, 2.75) is 44.6 Å². The molecule has 1 atom stereocenters. The fraction of sp³-hybridized carbons (Fsp3) is 0.636. The van der Waals surface area contributed by atoms with Gasteiger partial charge in [0.15, 0.2) is 0 Å². The summed E-state index contributed by atoms with van der Waals surface area (Å²) < 4.78 is 11.6. The third kappa shape index (κ3) is 4.32. The van der Waals surface area contributed by atoms with Crippen molar-refractivity contribution in [2.24, 2.45) is 5.92 Å². The Balaban J connectivity index is 1.28. The number of nitrogens with zero attached hydrogens (tertiary/aromatic N) is 2. The van der Waals surface area contributed by atoms with Crippen molar-refractivity contribution in [1.29, 1.82) is 0 Å². The summed E-state index contributed by atoms with van der Waals surface area (Å²) in [7, 11) is 0. The van der Waals surface area contributed by atoms with E-state index in [2.05, 4.69) is 0 Å². The summed E-state index contributed by atoms with van der Waals surface area (Å²) in [6.07, 6.45) is 5.63. The molecule has 152 valence electrons. The molecule has 6 nitrogen and oxygen atoms in total. The molecule has 0 saturated carbocycles. The first-order chi connectivity index (χ1) is 13.7. The third-order valence-corrected chi connectivity index (χ3v) is 6.12. The van der Waals surface area contributed by atoms with Gasteiger partial charge in [0.2, 0.25) is 0 Å². The van der Waals surface area contributed by atoms with Gasteiger partial charge in [-0.3, -0.25) is 9.59 Å². The number of likely N-dealkylation sites (tertiary alicyclic amines) is 2. The summed E-state index contributed by atoms with van der Waals surface area (Å²) in [6.45, 7) is 4.50. The first-order valence-corrected chi connectivity index (χ1v) is 10.6. The Morgan fingerprint density at radius 1 is 0.964 bits per heavy atom. The molecule has 0 aliphatic carbocycles. The van der Waals surface area contributed by atoms with Gasteiger partial charge in [0, 0.05) is 32.8 Å². The molecule has 3 aliphatic rings. The lowest BCUT2D eigenvalue weighted by molar-refractivity contribution is -0.142. The molecule has 1 aromatic carbocycles. The molecule has 0 aromatic heterocycles. The zero-order chi connectivity index (χ0) is 19.3. The second kappa shape index (κ2) is 8.95. The summed E-state index contributed by atoms with van der Waals surface area (Å²) >= 11 is 0. The molecule has 2 amide bonds. The topological polar surface area (TPSA) is 59.1 Å². The second-order valence-electron chi connectivity index (χ2n) is 8.08. The van der Waals surface area contributed by atoms with Crippen molar-refractivity contribution in [3.05, 3.63) is 29.8 Å². The average molecular weight is 386 g/mol. The normalized spacial score (nSPS) is 23.2. The number of carbonyl (C=O) groups excluding carboxylic acids is 2. The molecule has 1 aromatic rings. The van der Waals surface area contributed by atoms with E-state index in [1.165, 1.54) is 0 Å². The van der Waals surface area contributed by atoms with Gasteiger partial charge in [0.05, 0.1) is 12.2 Å². The number of rotatable bonds is 5. The van der Waals surface area contributed by atoms with Crippen LogP contribution in [0.5, 0.6) is 5.75 Å². The van der Waals surface area contributed by atoms with Crippen LogP contribution in [0, 0.1) is 5.92 Å². The van der Waals surface area contributed by atoms with E-state index in [0.717, 1.165) is 64.7 Å². The summed E-state index contributed by atoms with van der Waals surface area (Å²) in [6, 6.07) is 7.56. The molecule has 0 N–H and O–H groups in total. The first-order valence-electron chi connectivity index (χ1n) is 10.6. The Hall–Kier alpha value is -2.08. The van der Waals surface area contributed by atoms with Crippen LogP contribution in [0.4, 0.5) is 0 Å². The molecule has 0 radical (unpaired) electrons. The van der Waals surface area contributed by atoms with E-state index in [1.807, 2.05) is 34.1 Å². The number of amides is 2. The minimum atomic E-state index is -0.226. The maximum absolute atomic E-state index is 12.8. The SMILES string of the molecule is O=C(c1ccccc1OCC1CCN(C(=O)[C@@H]2CCCO2)CC1)N1CCCC1. The van der Waals surface area contributed by atoms with Crippen LogP contribution < -0.4 is 4.74 Å². The number of benzene rings is 1. The lowest BCUT2D eigenvalue weighted by Gasteiger charge is -2.33. The highest BCUT2D eigenvalue weighted by Gasteiger charge is 2.31. The van der Waals surface area contributed by atoms with Crippen LogP contribution >= 0.6 is 0 Å². The zero-order valence-electron chi connectivity index (χ0n) is 16.5. The van der Waals surface area contributed by atoms with Crippen LogP contribution in [0.25, 0.3) is 0 Å². The predicted octanol–water partition coefficient (Wildman–Crippen LogP) is 2.72. The lowest BCUT2D eigenvalue weighted by Crippen LogP contribution is -2.44. The molecule has 3 saturated heterocycles. The zero-order valence-corrected chi connectivity index (χ0v) is 16.5. The van der Waals surface area contributed by atoms with Crippen molar-refractivity contribution < 1.29 is 19.1 Å². The van der Waals surface area contributed by atoms with Crippen LogP contribution in [-0.4, -0.2) is 67.1 Å². The van der Waals surface area contributed by atoms with Crippen molar-refractivity contribution in [1.82, 2.24) is 9.80 Å². The Kier molecular flexibility index (Phi) is 6.15. The molecule has 3 fully saturated rings. The quantitative estimate of drug-likeness (QED) is 0.781. The van der Waals surface area contributed by atoms with E-state index in [0.29, 0.717) is 30.4 Å². The predicted molar refractivity (Wildman–Crippen MR) is 105 cm³/mol. The van der Waals surface area contributed by atoms with Crippen molar-refractivity contribution in [3.63, 3.8) is 0 Å². The highest BCUT2D eigenvalue weighted by atomic mass is 16.5. The summed E-state index contributed by atoms with van der Waals surface area (Å²) in [5.74, 6) is 1.31. The maximum atomic E-state index is 12.8. The van der Waals surface area contributed by atoms with E-state index in [4.69, 9.17) is 9.47 Å². The van der Waals surface area contributed by atoms with Gasteiger partial charge in [0.1, 0.15) is 11.9 Å². The van der Waals surface area contributed by atoms with Crippen molar-refractivity contribution >= 4 is 11.8 Å². The Morgan fingerprint density at radius 2 is 1.71 bits per heavy atom. The van der Waals surface area contributed by atoms with Crippen LogP contribution in [0.2, 0.25) is 0 Å². The molecular weight excluding hydrogens is 356 g/mol. The van der Waals surface area contributed by atoms with Crippen molar-refractivity contribution in [2.75, 3.05) is 39.4 Å². The Labute approximate surface area is 166 Å². The molecular formula is C22H30N2O4. The van der Waals surface area contributed by atoms with E-state index in [9.17, 15) is 9.59 Å². The Bertz CT molecular complexity index is 688. The lowest BCUT2D eigenvalue weighted by atomic mass is 9.97. The average Bonchev–Trinajstić information content (AvgIpc) is 3.46. The van der Waals surface area contributed by atoms with E-state index < -0.39 is 0 Å². The largest absolute Gasteiger partial charge is 0.492 e. The van der Waals surface area contributed by atoms with Gasteiger partial charge < -0.3 is 19.3 Å². The number of hydrogen-bond donors (Lipinski definition) is 0. The van der Waals surface area contributed by atoms with E-state index in [-0.39, 0.29) is 17.9 Å². The summed E-state index contributed by atoms with van der Waals surface area (Å²) in [5, 5.41) is 0. The molecule has 6 heteroatoms. The number of carbonyl (C=O) groups is 2. The monoisotopic (exact) mass is 386 g/mol. The van der Waals surface area contributed by atoms with Crippen LogP contribution in [0.3, 0.4) is 0 Å². The fourth-order valence-corrected chi connectivity index (χ4v) is 4.36. The second-order valence-corrected chi connectivity index (χ2v) is 8.08. The maximum Gasteiger partial charge on any atom is 0.257 e. The van der Waals surface area contributed by atoms with Gasteiger partial charge in [-0.2, -0.15) is 0 Å². The molecule has 0 spiro atoms. The third-order valence-electron chi connectivity index (χ3n) is 6.12. The number of ether oxygens (including phenoxy) is 2. The van der Waals surface area contributed by atoms with Gasteiger partial charge >= 0.3 is 0 Å². The van der Waals surface area contributed by atoms with Gasteiger partial charge in [-0.1, -0.05) is 12.1 Å². The van der Waals surface area contributed by atoms with Crippen molar-refractivity contribution in [3.8, 4) is 5.75 Å². The highest BCUT2D eigenvalue weighted by Crippen LogP contribution is 2.25. The minimum Gasteiger partial charge on any atom is -0.492 e. The van der Waals surface area contributed by atoms with Crippen LogP contribution in [0.1, 0.15) is 48.9 Å². The van der Waals surface area contributed by atoms with Crippen LogP contribution in [0.15, 0.2) is 24.3 Å². The van der Waals surface area contributed by atoms with Crippen LogP contribution in [-0.2, 0) is 9.53 Å². The van der Waals surface area contributed by atoms with Gasteiger partial charge in [0.25, 0.3) is 11.8 Å². The molecule has 3 heterocycles. The molecule has 3 aliphatic heterocycles. The standard InChI is InChI=1S/C22H30N2O4/c25-21(23-11-3-4-12-23)18-6-1-2-7-19(18)28-16-17-9-13-24(14-10-17)22(26)20-8-5-15-27-20/h1-2,6-7,17,20H,3-5,8-16H2/t20-/m0/s1. The van der Waals surface area contributed by atoms with Gasteiger partial charge in [-0.15, -0.1) is 0 Å². The highest BCUT2D eigenvalue weighted by molar-refractivity contribution is 5.97. The Morgan fingerprint density at radius 3 is 2.43 bits per heavy atom. The number of piperidine rings is 1. The minimum absolute atomic E-state index is 0.0741. The smallest absolute Gasteiger partial charge is 0.257 e. The molecule has 0 unspecified atom stereocenters. The summed E-state index contributed by atoms with van der Waals surface area (Å²) in [4.78, 5) is 29.1. The van der Waals surface area contributed by atoms with E-state index in [1.54, 1.807) is 0 Å². The molecule has 28 heavy (non-hydrogen) atoms. The number of hydrogen-bond acceptors (Lipinski definition) is 4. The van der Waals surface area contributed by atoms with E-state index >= 15 is 0 Å². The number of para-hydroxylation sites is 1. The molecule has 0 bridgehead atoms. The summed E-state index contributed by atoms with van der Waals surface area (Å²) in [5.41, 5.74) is 0.662. The molecule has 4 rings (SSSR count).